The Morgan fingerprint density at radius 3 is 2.33 bits per heavy atom. The fourth-order valence-corrected chi connectivity index (χ4v) is 6.42. The summed E-state index contributed by atoms with van der Waals surface area (Å²) in [5.74, 6) is 0.0439. The van der Waals surface area contributed by atoms with Crippen LogP contribution in [-0.2, 0) is 11.0 Å². The second-order valence-electron chi connectivity index (χ2n) is 11.1. The number of amides is 3. The first-order valence-corrected chi connectivity index (χ1v) is 13.8. The number of piperidine rings is 1. The van der Waals surface area contributed by atoms with Crippen molar-refractivity contribution in [1.29, 1.82) is 0 Å². The minimum Gasteiger partial charge on any atom is -0.331 e. The average Bonchev–Trinajstić information content (AvgIpc) is 3.30. The highest BCUT2D eigenvalue weighted by Crippen LogP contribution is 2.45. The molecule has 3 amide bonds. The van der Waals surface area contributed by atoms with E-state index in [1.165, 1.54) is 12.1 Å². The number of rotatable bonds is 4. The van der Waals surface area contributed by atoms with Gasteiger partial charge >= 0.3 is 12.2 Å². The lowest BCUT2D eigenvalue weighted by atomic mass is 9.97. The van der Waals surface area contributed by atoms with Crippen LogP contribution in [0.15, 0.2) is 30.5 Å². The minimum absolute atomic E-state index is 0.0340. The minimum atomic E-state index is -4.49. The smallest absolute Gasteiger partial charge is 0.331 e. The van der Waals surface area contributed by atoms with Gasteiger partial charge in [0.25, 0.3) is 5.91 Å². The largest absolute Gasteiger partial charge is 0.416 e. The predicted molar refractivity (Wildman–Crippen MR) is 135 cm³/mol. The predicted octanol–water partition coefficient (Wildman–Crippen LogP) is 4.79. The molecule has 1 aliphatic carbocycles. The zero-order valence-electron chi connectivity index (χ0n) is 21.7. The molecule has 3 saturated heterocycles. The van der Waals surface area contributed by atoms with Gasteiger partial charge in [0.15, 0.2) is 5.78 Å². The van der Waals surface area contributed by atoms with Crippen LogP contribution in [-0.4, -0.2) is 74.9 Å². The van der Waals surface area contributed by atoms with Crippen molar-refractivity contribution in [3.8, 4) is 0 Å². The highest BCUT2D eigenvalue weighted by atomic mass is 19.4. The number of alkyl halides is 3. The van der Waals surface area contributed by atoms with Crippen LogP contribution in [0.25, 0.3) is 0 Å². The second-order valence-corrected chi connectivity index (χ2v) is 11.1. The molecule has 6 rings (SSSR count). The Morgan fingerprint density at radius 2 is 1.67 bits per heavy atom. The van der Waals surface area contributed by atoms with Crippen LogP contribution >= 0.6 is 0 Å². The van der Waals surface area contributed by atoms with E-state index in [-0.39, 0.29) is 41.8 Å². The van der Waals surface area contributed by atoms with Crippen molar-refractivity contribution in [2.24, 2.45) is 0 Å². The summed E-state index contributed by atoms with van der Waals surface area (Å²) in [7, 11) is 0. The van der Waals surface area contributed by atoms with Crippen LogP contribution in [0.2, 0.25) is 0 Å². The first kappa shape index (κ1) is 25.9. The molecule has 1 atom stereocenters. The maximum atomic E-state index is 13.9. The Bertz CT molecular complexity index is 1280. The summed E-state index contributed by atoms with van der Waals surface area (Å²) in [6.07, 6.45) is 1.93. The molecule has 11 heteroatoms. The van der Waals surface area contributed by atoms with Gasteiger partial charge < -0.3 is 14.7 Å². The molecule has 0 radical (unpaired) electrons. The highest BCUT2D eigenvalue weighted by Gasteiger charge is 2.42. The number of Topliss-reactive ketones (excluding diaryl/α,β-unsaturated/α-hetero) is 1. The van der Waals surface area contributed by atoms with Gasteiger partial charge in [-0.2, -0.15) is 18.3 Å². The van der Waals surface area contributed by atoms with Crippen molar-refractivity contribution in [1.82, 2.24) is 24.5 Å². The number of ketones is 1. The van der Waals surface area contributed by atoms with Crippen molar-refractivity contribution >= 4 is 17.7 Å². The van der Waals surface area contributed by atoms with E-state index in [1.807, 2.05) is 4.68 Å². The molecule has 0 bridgehead atoms. The Morgan fingerprint density at radius 1 is 0.923 bits per heavy atom. The van der Waals surface area contributed by atoms with Gasteiger partial charge in [0.1, 0.15) is 0 Å². The average molecular weight is 544 g/mol. The van der Waals surface area contributed by atoms with E-state index < -0.39 is 17.8 Å². The number of nitrogens with zero attached hydrogens (tertiary/aromatic N) is 5. The fourth-order valence-electron chi connectivity index (χ4n) is 6.42. The van der Waals surface area contributed by atoms with Crippen molar-refractivity contribution in [2.75, 3.05) is 32.7 Å². The standard InChI is InChI=1S/C28H32F3N5O3/c29-28(30,31)23-5-2-1-4-21(23)24-6-3-12-35(24)26(38)22-16-32-36(25(22)18-7-8-18)19-9-13-33(14-10-19)27(39)34-15-11-20(37)17-34/h1-2,4-5,16,18-19,24H,3,6-15,17H2. The molecule has 0 spiro atoms. The molecule has 1 aromatic carbocycles. The van der Waals surface area contributed by atoms with E-state index in [4.69, 9.17) is 0 Å². The van der Waals surface area contributed by atoms with Crippen molar-refractivity contribution in [3.05, 3.63) is 52.8 Å². The molecule has 1 saturated carbocycles. The molecule has 2 aromatic rings. The summed E-state index contributed by atoms with van der Waals surface area (Å²) in [5, 5.41) is 4.64. The lowest BCUT2D eigenvalue weighted by molar-refractivity contribution is -0.138. The van der Waals surface area contributed by atoms with Crippen molar-refractivity contribution in [2.45, 2.75) is 69.1 Å². The lowest BCUT2D eigenvalue weighted by Gasteiger charge is -2.35. The molecule has 208 valence electrons. The third-order valence-corrected chi connectivity index (χ3v) is 8.55. The summed E-state index contributed by atoms with van der Waals surface area (Å²) in [5.41, 5.74) is 0.827. The van der Waals surface area contributed by atoms with E-state index in [2.05, 4.69) is 5.10 Å². The molecule has 39 heavy (non-hydrogen) atoms. The zero-order valence-corrected chi connectivity index (χ0v) is 21.7. The van der Waals surface area contributed by atoms with Gasteiger partial charge in [-0.15, -0.1) is 0 Å². The van der Waals surface area contributed by atoms with Crippen molar-refractivity contribution in [3.63, 3.8) is 0 Å². The molecule has 1 aromatic heterocycles. The second kappa shape index (κ2) is 9.98. The molecule has 4 aliphatic rings. The van der Waals surface area contributed by atoms with E-state index in [9.17, 15) is 27.6 Å². The quantitative estimate of drug-likeness (QED) is 0.556. The molecule has 8 nitrogen and oxygen atoms in total. The van der Waals surface area contributed by atoms with Gasteiger partial charge in [-0.3, -0.25) is 14.3 Å². The summed E-state index contributed by atoms with van der Waals surface area (Å²) in [6, 6.07) is 4.85. The molecule has 4 fully saturated rings. The molecular formula is C28H32F3N5O3. The molecule has 1 unspecified atom stereocenters. The first-order chi connectivity index (χ1) is 18.7. The van der Waals surface area contributed by atoms with Gasteiger partial charge in [0, 0.05) is 38.5 Å². The van der Waals surface area contributed by atoms with E-state index in [0.29, 0.717) is 63.8 Å². The van der Waals surface area contributed by atoms with Crippen LogP contribution in [0.3, 0.4) is 0 Å². The number of hydrogen-bond acceptors (Lipinski definition) is 4. The summed E-state index contributed by atoms with van der Waals surface area (Å²) in [6.45, 7) is 2.15. The number of aromatic nitrogens is 2. The Balaban J connectivity index is 1.20. The van der Waals surface area contributed by atoms with Gasteiger partial charge in [-0.05, 0) is 50.2 Å². The molecule has 0 N–H and O–H groups in total. The number of benzene rings is 1. The van der Waals surface area contributed by atoms with Crippen LogP contribution in [0.5, 0.6) is 0 Å². The van der Waals surface area contributed by atoms with Crippen molar-refractivity contribution < 1.29 is 27.6 Å². The first-order valence-electron chi connectivity index (χ1n) is 13.8. The summed E-state index contributed by atoms with van der Waals surface area (Å²) < 4.78 is 43.2. The van der Waals surface area contributed by atoms with Crippen LogP contribution in [0.1, 0.15) is 90.1 Å². The van der Waals surface area contributed by atoms with Crippen LogP contribution < -0.4 is 0 Å². The highest BCUT2D eigenvalue weighted by molar-refractivity contribution is 5.96. The molecule has 3 aliphatic heterocycles. The van der Waals surface area contributed by atoms with E-state index in [1.54, 1.807) is 27.0 Å². The summed E-state index contributed by atoms with van der Waals surface area (Å²) in [4.78, 5) is 43.2. The monoisotopic (exact) mass is 543 g/mol. The topological polar surface area (TPSA) is 78.8 Å². The number of urea groups is 1. The Hall–Kier alpha value is -3.37. The molecule has 4 heterocycles. The van der Waals surface area contributed by atoms with Crippen LogP contribution in [0.4, 0.5) is 18.0 Å². The maximum Gasteiger partial charge on any atom is 0.416 e. The zero-order chi connectivity index (χ0) is 27.3. The van der Waals surface area contributed by atoms with Gasteiger partial charge in [-0.25, -0.2) is 4.79 Å². The number of carbonyl (C=O) groups excluding carboxylic acids is 3. The normalized spacial score (nSPS) is 22.7. The molecular weight excluding hydrogens is 511 g/mol. The third kappa shape index (κ3) is 4.91. The number of halogens is 3. The van der Waals surface area contributed by atoms with Crippen LogP contribution in [0, 0.1) is 0 Å². The number of carbonyl (C=O) groups is 3. The SMILES string of the molecule is O=C1CCN(C(=O)N2CCC(n3ncc(C(=O)N4CCCC4c4ccccc4C(F)(F)F)c3C3CC3)CC2)C1. The number of hydrogen-bond donors (Lipinski definition) is 0. The lowest BCUT2D eigenvalue weighted by Crippen LogP contribution is -2.46. The van der Waals surface area contributed by atoms with Gasteiger partial charge in [0.2, 0.25) is 0 Å². The van der Waals surface area contributed by atoms with Gasteiger partial charge in [-0.1, -0.05) is 18.2 Å². The number of likely N-dealkylation sites (tertiary alicyclic amines) is 3. The summed E-state index contributed by atoms with van der Waals surface area (Å²) >= 11 is 0. The Labute approximate surface area is 224 Å². The third-order valence-electron chi connectivity index (χ3n) is 8.55. The van der Waals surface area contributed by atoms with Gasteiger partial charge in [0.05, 0.1) is 41.6 Å². The van der Waals surface area contributed by atoms with E-state index >= 15 is 0 Å². The maximum absolute atomic E-state index is 13.9. The van der Waals surface area contributed by atoms with E-state index in [0.717, 1.165) is 24.6 Å². The Kier molecular flexibility index (Phi) is 6.63. The fraction of sp³-hybridized carbons (Fsp3) is 0.571.